The number of aryl methyl sites for hydroxylation is 1. The summed E-state index contributed by atoms with van der Waals surface area (Å²) >= 11 is 0. The highest BCUT2D eigenvalue weighted by Crippen LogP contribution is 2.18. The molecule has 0 aromatic carbocycles. The van der Waals surface area contributed by atoms with Crippen molar-refractivity contribution in [3.05, 3.63) is 23.0 Å². The molecule has 17 heavy (non-hydrogen) atoms. The summed E-state index contributed by atoms with van der Waals surface area (Å²) in [6.45, 7) is 7.84. The van der Waals surface area contributed by atoms with E-state index in [-0.39, 0.29) is 0 Å². The van der Waals surface area contributed by atoms with Gasteiger partial charge in [0.15, 0.2) is 0 Å². The summed E-state index contributed by atoms with van der Waals surface area (Å²) in [5, 5.41) is 12.0. The van der Waals surface area contributed by atoms with Crippen molar-refractivity contribution in [3.8, 4) is 0 Å². The van der Waals surface area contributed by atoms with E-state index in [9.17, 15) is 4.79 Å². The van der Waals surface area contributed by atoms with Crippen molar-refractivity contribution in [2.75, 3.05) is 6.61 Å². The summed E-state index contributed by atoms with van der Waals surface area (Å²) < 4.78 is 2.19. The molecule has 0 spiro atoms. The quantitative estimate of drug-likeness (QED) is 0.631. The molecule has 1 aromatic heterocycles. The fourth-order valence-corrected chi connectivity index (χ4v) is 1.91. The molecule has 1 heterocycles. The van der Waals surface area contributed by atoms with E-state index in [4.69, 9.17) is 5.11 Å². The first kappa shape index (κ1) is 13.3. The maximum absolute atomic E-state index is 10.2. The van der Waals surface area contributed by atoms with Crippen molar-refractivity contribution in [1.82, 2.24) is 4.57 Å². The molecule has 0 atom stereocenters. The van der Waals surface area contributed by atoms with Crippen molar-refractivity contribution in [3.63, 3.8) is 0 Å². The van der Waals surface area contributed by atoms with Crippen molar-refractivity contribution < 1.29 is 14.7 Å². The minimum atomic E-state index is -1.03. The van der Waals surface area contributed by atoms with Crippen molar-refractivity contribution in [2.45, 2.75) is 33.7 Å². The zero-order chi connectivity index (χ0) is 13.0. The predicted octanol–water partition coefficient (Wildman–Crippen LogP) is 2.12. The fourth-order valence-electron chi connectivity index (χ4n) is 1.91. The standard InChI is InChI=1S/C12H18N2O3/c1-8(2)14-9(3)5-11(10(14)4)6-13-17-7-12(15)16/h5-6,8H,7H2,1-4H3,(H,15,16)/b13-6+. The minimum absolute atomic E-state index is 0.386. The number of hydrogen-bond acceptors (Lipinski definition) is 3. The van der Waals surface area contributed by atoms with Crippen LogP contribution in [0.5, 0.6) is 0 Å². The van der Waals surface area contributed by atoms with Crippen LogP contribution in [0.2, 0.25) is 0 Å². The van der Waals surface area contributed by atoms with Gasteiger partial charge in [0.2, 0.25) is 6.61 Å². The molecule has 0 radical (unpaired) electrons. The van der Waals surface area contributed by atoms with E-state index in [1.54, 1.807) is 6.21 Å². The van der Waals surface area contributed by atoms with E-state index in [2.05, 4.69) is 28.4 Å². The Morgan fingerprint density at radius 3 is 2.71 bits per heavy atom. The Bertz CT molecular complexity index is 433. The maximum Gasteiger partial charge on any atom is 0.344 e. The number of carboxylic acids is 1. The largest absolute Gasteiger partial charge is 0.479 e. The summed E-state index contributed by atoms with van der Waals surface area (Å²) in [7, 11) is 0. The minimum Gasteiger partial charge on any atom is -0.479 e. The van der Waals surface area contributed by atoms with Crippen LogP contribution >= 0.6 is 0 Å². The molecule has 0 fully saturated rings. The van der Waals surface area contributed by atoms with Gasteiger partial charge in [-0.15, -0.1) is 0 Å². The highest BCUT2D eigenvalue weighted by molar-refractivity contribution is 5.81. The Balaban J connectivity index is 2.79. The number of carboxylic acid groups (broad SMARTS) is 1. The topological polar surface area (TPSA) is 63.8 Å². The van der Waals surface area contributed by atoms with Gasteiger partial charge < -0.3 is 14.5 Å². The Morgan fingerprint density at radius 2 is 2.24 bits per heavy atom. The van der Waals surface area contributed by atoms with Gasteiger partial charge in [0.05, 0.1) is 6.21 Å². The average Bonchev–Trinajstić information content (AvgIpc) is 2.48. The summed E-state index contributed by atoms with van der Waals surface area (Å²) in [5.41, 5.74) is 3.19. The molecule has 5 nitrogen and oxygen atoms in total. The van der Waals surface area contributed by atoms with E-state index < -0.39 is 12.6 Å². The lowest BCUT2D eigenvalue weighted by Crippen LogP contribution is -2.05. The van der Waals surface area contributed by atoms with Crippen molar-refractivity contribution in [1.29, 1.82) is 0 Å². The fraction of sp³-hybridized carbons (Fsp3) is 0.500. The summed E-state index contributed by atoms with van der Waals surface area (Å²) in [4.78, 5) is 14.8. The molecule has 94 valence electrons. The molecular weight excluding hydrogens is 220 g/mol. The van der Waals surface area contributed by atoms with Crippen LogP contribution in [0, 0.1) is 13.8 Å². The molecule has 0 aliphatic heterocycles. The summed E-state index contributed by atoms with van der Waals surface area (Å²) in [6, 6.07) is 2.39. The first-order chi connectivity index (χ1) is 7.93. The van der Waals surface area contributed by atoms with E-state index in [0.29, 0.717) is 6.04 Å². The van der Waals surface area contributed by atoms with Gasteiger partial charge >= 0.3 is 5.97 Å². The van der Waals surface area contributed by atoms with Crippen LogP contribution < -0.4 is 0 Å². The van der Waals surface area contributed by atoms with Crippen LogP contribution in [0.15, 0.2) is 11.2 Å². The number of nitrogens with zero attached hydrogens (tertiary/aromatic N) is 2. The number of carbonyl (C=O) groups is 1. The van der Waals surface area contributed by atoms with Gasteiger partial charge in [-0.25, -0.2) is 4.79 Å². The Morgan fingerprint density at radius 1 is 1.59 bits per heavy atom. The van der Waals surface area contributed by atoms with Gasteiger partial charge in [-0.05, 0) is 33.8 Å². The average molecular weight is 238 g/mol. The monoisotopic (exact) mass is 238 g/mol. The second kappa shape index (κ2) is 5.52. The normalized spacial score (nSPS) is 11.4. The number of aromatic nitrogens is 1. The van der Waals surface area contributed by atoms with Gasteiger partial charge in [-0.1, -0.05) is 5.16 Å². The Hall–Kier alpha value is -1.78. The van der Waals surface area contributed by atoms with Gasteiger partial charge in [-0.2, -0.15) is 0 Å². The highest BCUT2D eigenvalue weighted by atomic mass is 16.6. The molecule has 1 N–H and O–H groups in total. The van der Waals surface area contributed by atoms with Gasteiger partial charge in [0.25, 0.3) is 0 Å². The predicted molar refractivity (Wildman–Crippen MR) is 65.5 cm³/mol. The molecule has 0 amide bonds. The molecule has 0 saturated heterocycles. The molecule has 0 aliphatic carbocycles. The number of oxime groups is 1. The molecule has 5 heteroatoms. The van der Waals surface area contributed by atoms with E-state index in [1.165, 1.54) is 0 Å². The number of aliphatic carboxylic acids is 1. The lowest BCUT2D eigenvalue weighted by Gasteiger charge is -2.13. The van der Waals surface area contributed by atoms with Gasteiger partial charge in [0, 0.05) is 23.0 Å². The van der Waals surface area contributed by atoms with Gasteiger partial charge in [-0.3, -0.25) is 0 Å². The third-order valence-electron chi connectivity index (χ3n) is 2.49. The Kier molecular flexibility index (Phi) is 4.31. The van der Waals surface area contributed by atoms with Crippen LogP contribution in [0.3, 0.4) is 0 Å². The second-order valence-corrected chi connectivity index (χ2v) is 4.19. The highest BCUT2D eigenvalue weighted by Gasteiger charge is 2.09. The maximum atomic E-state index is 10.2. The lowest BCUT2D eigenvalue weighted by molar-refractivity contribution is -0.142. The van der Waals surface area contributed by atoms with Crippen molar-refractivity contribution >= 4 is 12.2 Å². The molecule has 0 aliphatic rings. The third kappa shape index (κ3) is 3.34. The third-order valence-corrected chi connectivity index (χ3v) is 2.49. The van der Waals surface area contributed by atoms with Crippen molar-refractivity contribution in [2.24, 2.45) is 5.16 Å². The lowest BCUT2D eigenvalue weighted by atomic mass is 10.2. The van der Waals surface area contributed by atoms with Crippen LogP contribution in [0.1, 0.15) is 36.8 Å². The molecular formula is C12H18N2O3. The summed E-state index contributed by atoms with van der Waals surface area (Å²) in [6.07, 6.45) is 1.55. The van der Waals surface area contributed by atoms with E-state index >= 15 is 0 Å². The smallest absolute Gasteiger partial charge is 0.344 e. The summed E-state index contributed by atoms with van der Waals surface area (Å²) in [5.74, 6) is -1.03. The van der Waals surface area contributed by atoms with E-state index in [0.717, 1.165) is 17.0 Å². The van der Waals surface area contributed by atoms with Crippen LogP contribution in [0.25, 0.3) is 0 Å². The molecule has 1 rings (SSSR count). The van der Waals surface area contributed by atoms with Gasteiger partial charge in [0.1, 0.15) is 0 Å². The van der Waals surface area contributed by atoms with E-state index in [1.807, 2.05) is 19.9 Å². The number of rotatable bonds is 5. The van der Waals surface area contributed by atoms with Crippen LogP contribution in [0.4, 0.5) is 0 Å². The molecule has 0 bridgehead atoms. The SMILES string of the molecule is Cc1cc(/C=N/OCC(=O)O)c(C)n1C(C)C. The molecule has 0 unspecified atom stereocenters. The first-order valence-electron chi connectivity index (χ1n) is 5.49. The molecule has 0 saturated carbocycles. The van der Waals surface area contributed by atoms with Crippen LogP contribution in [-0.4, -0.2) is 28.5 Å². The number of hydrogen-bond donors (Lipinski definition) is 1. The zero-order valence-electron chi connectivity index (χ0n) is 10.6. The zero-order valence-corrected chi connectivity index (χ0v) is 10.6. The molecule has 1 aromatic rings. The second-order valence-electron chi connectivity index (χ2n) is 4.19. The first-order valence-corrected chi connectivity index (χ1v) is 5.49. The van der Waals surface area contributed by atoms with Crippen LogP contribution in [-0.2, 0) is 9.63 Å². The Labute approximate surface area is 101 Å².